The van der Waals surface area contributed by atoms with E-state index in [-0.39, 0.29) is 13.2 Å². The third-order valence-corrected chi connectivity index (χ3v) is 2.91. The predicted molar refractivity (Wildman–Crippen MR) is 67.3 cm³/mol. The number of hydrogen-bond donors (Lipinski definition) is 2. The summed E-state index contributed by atoms with van der Waals surface area (Å²) in [5.74, 6) is -0.551. The van der Waals surface area contributed by atoms with Crippen molar-refractivity contribution in [1.82, 2.24) is 0 Å². The molecule has 2 unspecified atom stereocenters. The number of phosphoric ester groups is 1. The molecule has 0 radical (unpaired) electrons. The fourth-order valence-electron chi connectivity index (χ4n) is 0.909. The predicted octanol–water partition coefficient (Wildman–Crippen LogP) is -0.250. The fourth-order valence-corrected chi connectivity index (χ4v) is 1.66. The molecule has 0 aliphatic heterocycles. The highest BCUT2D eigenvalue weighted by molar-refractivity contribution is 7.47. The molecule has 0 fully saturated rings. The first kappa shape index (κ1) is 18.5. The molecule has 2 N–H and O–H groups in total. The van der Waals surface area contributed by atoms with E-state index in [4.69, 9.17) is 4.52 Å². The van der Waals surface area contributed by atoms with E-state index >= 15 is 0 Å². The van der Waals surface area contributed by atoms with E-state index in [1.54, 1.807) is 0 Å². The summed E-state index contributed by atoms with van der Waals surface area (Å²) in [7, 11) is 1.55. The molecule has 0 bridgehead atoms. The van der Waals surface area contributed by atoms with Crippen molar-refractivity contribution < 1.29 is 37.6 Å². The molecule has 0 aromatic heterocycles. The van der Waals surface area contributed by atoms with Crippen molar-refractivity contribution in [1.29, 1.82) is 0 Å². The van der Waals surface area contributed by atoms with Crippen LogP contribution in [0.4, 0.5) is 0 Å². The summed E-state index contributed by atoms with van der Waals surface area (Å²) in [6.07, 6.45) is -1.17. The number of carbonyl (C=O) groups excluding carboxylic acids is 1. The Bertz CT molecular complexity index is 328. The van der Waals surface area contributed by atoms with E-state index in [0.717, 1.165) is 0 Å². The number of aliphatic hydroxyl groups is 1. The molecular weight excluding hydrogens is 277 g/mol. The van der Waals surface area contributed by atoms with Gasteiger partial charge in [-0.25, -0.2) is 4.57 Å². The smallest absolute Gasteiger partial charge is 0.463 e. The number of ether oxygens (including phenoxy) is 1. The van der Waals surface area contributed by atoms with Crippen LogP contribution in [0.15, 0.2) is 0 Å². The summed E-state index contributed by atoms with van der Waals surface area (Å²) in [6.45, 7) is 1.03. The molecular formula is C10H23NO7P+. The van der Waals surface area contributed by atoms with Crippen molar-refractivity contribution in [2.75, 3.05) is 47.5 Å². The first-order valence-electron chi connectivity index (χ1n) is 5.75. The van der Waals surface area contributed by atoms with Crippen LogP contribution in [-0.4, -0.2) is 74.1 Å². The Morgan fingerprint density at radius 2 is 1.84 bits per heavy atom. The third-order valence-electron chi connectivity index (χ3n) is 1.93. The topological polar surface area (TPSA) is 102 Å². The maximum Gasteiger partial charge on any atom is 0.472 e. The minimum atomic E-state index is -4.19. The Labute approximate surface area is 113 Å². The molecule has 0 aliphatic carbocycles. The van der Waals surface area contributed by atoms with Gasteiger partial charge in [-0.05, 0) is 0 Å². The maximum absolute atomic E-state index is 11.4. The maximum atomic E-state index is 11.4. The minimum absolute atomic E-state index is 0.0529. The first-order valence-corrected chi connectivity index (χ1v) is 7.25. The SMILES string of the molecule is CC(=O)OCC(O)COP(=O)(O)OCC[N+](C)(C)C. The molecule has 0 spiro atoms. The van der Waals surface area contributed by atoms with E-state index in [2.05, 4.69) is 9.26 Å². The van der Waals surface area contributed by atoms with E-state index in [1.807, 2.05) is 21.1 Å². The lowest BCUT2D eigenvalue weighted by atomic mass is 10.4. The highest BCUT2D eigenvalue weighted by atomic mass is 31.2. The summed E-state index contributed by atoms with van der Waals surface area (Å²) in [6, 6.07) is 0. The molecule has 2 atom stereocenters. The van der Waals surface area contributed by atoms with E-state index < -0.39 is 26.5 Å². The van der Waals surface area contributed by atoms with Crippen LogP contribution < -0.4 is 0 Å². The molecule has 114 valence electrons. The molecule has 0 saturated heterocycles. The summed E-state index contributed by atoms with van der Waals surface area (Å²) in [5.41, 5.74) is 0. The number of quaternary nitrogens is 1. The van der Waals surface area contributed by atoms with Gasteiger partial charge >= 0.3 is 13.8 Å². The fraction of sp³-hybridized carbons (Fsp3) is 0.900. The van der Waals surface area contributed by atoms with Gasteiger partial charge in [0.05, 0.1) is 27.7 Å². The molecule has 0 rings (SSSR count). The van der Waals surface area contributed by atoms with Gasteiger partial charge < -0.3 is 19.2 Å². The van der Waals surface area contributed by atoms with Gasteiger partial charge in [-0.15, -0.1) is 0 Å². The monoisotopic (exact) mass is 300 g/mol. The second-order valence-electron chi connectivity index (χ2n) is 5.07. The van der Waals surface area contributed by atoms with Crippen LogP contribution in [0.2, 0.25) is 0 Å². The highest BCUT2D eigenvalue weighted by Crippen LogP contribution is 2.43. The lowest BCUT2D eigenvalue weighted by Gasteiger charge is -2.24. The molecule has 8 nitrogen and oxygen atoms in total. The van der Waals surface area contributed by atoms with Gasteiger partial charge in [0.15, 0.2) is 0 Å². The Balaban J connectivity index is 3.89. The molecule has 19 heavy (non-hydrogen) atoms. The Morgan fingerprint density at radius 1 is 1.26 bits per heavy atom. The van der Waals surface area contributed by atoms with Crippen molar-refractivity contribution >= 4 is 13.8 Å². The van der Waals surface area contributed by atoms with E-state index in [9.17, 15) is 19.4 Å². The van der Waals surface area contributed by atoms with Gasteiger partial charge in [-0.2, -0.15) is 0 Å². The Morgan fingerprint density at radius 3 is 2.32 bits per heavy atom. The van der Waals surface area contributed by atoms with Crippen molar-refractivity contribution in [3.63, 3.8) is 0 Å². The van der Waals surface area contributed by atoms with Crippen LogP contribution in [0.3, 0.4) is 0 Å². The van der Waals surface area contributed by atoms with Crippen LogP contribution in [0, 0.1) is 0 Å². The van der Waals surface area contributed by atoms with Gasteiger partial charge in [-0.3, -0.25) is 13.8 Å². The second-order valence-corrected chi connectivity index (χ2v) is 6.52. The number of rotatable bonds is 9. The minimum Gasteiger partial charge on any atom is -0.463 e. The number of hydrogen-bond acceptors (Lipinski definition) is 6. The average Bonchev–Trinajstić information content (AvgIpc) is 2.21. The number of carbonyl (C=O) groups is 1. The van der Waals surface area contributed by atoms with E-state index in [1.165, 1.54) is 6.92 Å². The van der Waals surface area contributed by atoms with Crippen LogP contribution in [0.25, 0.3) is 0 Å². The normalized spacial score (nSPS) is 16.7. The number of aliphatic hydroxyl groups excluding tert-OH is 1. The Kier molecular flexibility index (Phi) is 7.73. The average molecular weight is 300 g/mol. The second kappa shape index (κ2) is 7.94. The third kappa shape index (κ3) is 12.3. The zero-order chi connectivity index (χ0) is 15.1. The lowest BCUT2D eigenvalue weighted by Crippen LogP contribution is -2.37. The van der Waals surface area contributed by atoms with Gasteiger partial charge in [-0.1, -0.05) is 0 Å². The van der Waals surface area contributed by atoms with Gasteiger partial charge in [0.2, 0.25) is 0 Å². The van der Waals surface area contributed by atoms with Crippen LogP contribution in [0.1, 0.15) is 6.92 Å². The standard InChI is InChI=1S/C10H22NO7P/c1-9(12)16-7-10(13)8-18-19(14,15)17-6-5-11(2,3)4/h10,13H,5-8H2,1-4H3/p+1. The molecule has 0 saturated carbocycles. The van der Waals surface area contributed by atoms with Gasteiger partial charge in [0.1, 0.15) is 25.9 Å². The van der Waals surface area contributed by atoms with E-state index in [0.29, 0.717) is 11.0 Å². The van der Waals surface area contributed by atoms with Crippen molar-refractivity contribution in [2.24, 2.45) is 0 Å². The summed E-state index contributed by atoms with van der Waals surface area (Å²) >= 11 is 0. The first-order chi connectivity index (χ1) is 8.52. The zero-order valence-corrected chi connectivity index (χ0v) is 12.6. The number of likely N-dealkylation sites (N-methyl/N-ethyl adjacent to an activating group) is 1. The Hall–Kier alpha value is -0.500. The number of esters is 1. The largest absolute Gasteiger partial charge is 0.472 e. The highest BCUT2D eigenvalue weighted by Gasteiger charge is 2.24. The molecule has 9 heteroatoms. The molecule has 0 aromatic rings. The number of phosphoric acid groups is 1. The van der Waals surface area contributed by atoms with Gasteiger partial charge in [0, 0.05) is 6.92 Å². The molecule has 0 amide bonds. The van der Waals surface area contributed by atoms with Gasteiger partial charge in [0.25, 0.3) is 0 Å². The molecule has 0 aromatic carbocycles. The quantitative estimate of drug-likeness (QED) is 0.344. The number of nitrogens with zero attached hydrogens (tertiary/aromatic N) is 1. The zero-order valence-electron chi connectivity index (χ0n) is 11.7. The summed E-state index contributed by atoms with van der Waals surface area (Å²) in [5, 5.41) is 9.32. The lowest BCUT2D eigenvalue weighted by molar-refractivity contribution is -0.870. The van der Waals surface area contributed by atoms with Crippen molar-refractivity contribution in [3.05, 3.63) is 0 Å². The summed E-state index contributed by atoms with van der Waals surface area (Å²) < 4.78 is 25.8. The van der Waals surface area contributed by atoms with Crippen LogP contribution >= 0.6 is 7.82 Å². The molecule has 0 heterocycles. The van der Waals surface area contributed by atoms with Crippen molar-refractivity contribution in [3.8, 4) is 0 Å². The van der Waals surface area contributed by atoms with Crippen LogP contribution in [-0.2, 0) is 23.1 Å². The molecule has 0 aliphatic rings. The van der Waals surface area contributed by atoms with Crippen molar-refractivity contribution in [2.45, 2.75) is 13.0 Å². The van der Waals surface area contributed by atoms with Crippen LogP contribution in [0.5, 0.6) is 0 Å². The summed E-state index contributed by atoms with van der Waals surface area (Å²) in [4.78, 5) is 19.8.